The van der Waals surface area contributed by atoms with Gasteiger partial charge in [0.05, 0.1) is 10.6 Å². The molecular formula is C12H15ClN2O2S. The van der Waals surface area contributed by atoms with Crippen LogP contribution in [0.3, 0.4) is 0 Å². The van der Waals surface area contributed by atoms with Gasteiger partial charge in [0.2, 0.25) is 0 Å². The third-order valence-electron chi connectivity index (χ3n) is 2.96. The SMILES string of the molecule is Cc1cc(Cl)c(C(=O)NC2CCS(=O)CC2)cn1. The first kappa shape index (κ1) is 13.5. The van der Waals surface area contributed by atoms with E-state index < -0.39 is 10.8 Å². The molecule has 6 heteroatoms. The van der Waals surface area contributed by atoms with Gasteiger partial charge >= 0.3 is 0 Å². The molecule has 98 valence electrons. The van der Waals surface area contributed by atoms with Crippen LogP contribution in [0.15, 0.2) is 12.3 Å². The molecule has 2 heterocycles. The number of aromatic nitrogens is 1. The van der Waals surface area contributed by atoms with Gasteiger partial charge in [-0.3, -0.25) is 14.0 Å². The molecule has 0 bridgehead atoms. The van der Waals surface area contributed by atoms with Crippen LogP contribution in [-0.4, -0.2) is 32.6 Å². The average Bonchev–Trinajstić information content (AvgIpc) is 2.32. The molecule has 0 saturated carbocycles. The highest BCUT2D eigenvalue weighted by Gasteiger charge is 2.21. The Labute approximate surface area is 114 Å². The third-order valence-corrected chi connectivity index (χ3v) is 4.65. The maximum Gasteiger partial charge on any atom is 0.254 e. The summed E-state index contributed by atoms with van der Waals surface area (Å²) >= 11 is 6.02. The van der Waals surface area contributed by atoms with E-state index in [2.05, 4.69) is 10.3 Å². The van der Waals surface area contributed by atoms with Crippen LogP contribution < -0.4 is 5.32 Å². The maximum atomic E-state index is 12.0. The summed E-state index contributed by atoms with van der Waals surface area (Å²) in [6, 6.07) is 1.76. The number of hydrogen-bond donors (Lipinski definition) is 1. The molecule has 1 N–H and O–H groups in total. The number of hydrogen-bond acceptors (Lipinski definition) is 3. The highest BCUT2D eigenvalue weighted by atomic mass is 35.5. The number of carbonyl (C=O) groups excluding carboxylic acids is 1. The minimum absolute atomic E-state index is 0.0903. The molecule has 0 unspecified atom stereocenters. The predicted molar refractivity (Wildman–Crippen MR) is 72.3 cm³/mol. The first-order valence-electron chi connectivity index (χ1n) is 5.84. The summed E-state index contributed by atoms with van der Waals surface area (Å²) in [6.45, 7) is 1.82. The van der Waals surface area contributed by atoms with Crippen molar-refractivity contribution in [1.29, 1.82) is 0 Å². The molecule has 2 rings (SSSR count). The number of carbonyl (C=O) groups is 1. The lowest BCUT2D eigenvalue weighted by atomic mass is 10.1. The lowest BCUT2D eigenvalue weighted by Crippen LogP contribution is -2.39. The minimum Gasteiger partial charge on any atom is -0.349 e. The van der Waals surface area contributed by atoms with Crippen LogP contribution in [0.25, 0.3) is 0 Å². The fourth-order valence-corrected chi connectivity index (χ4v) is 3.49. The van der Waals surface area contributed by atoms with Crippen molar-refractivity contribution in [3.05, 3.63) is 28.5 Å². The zero-order chi connectivity index (χ0) is 13.1. The van der Waals surface area contributed by atoms with Gasteiger partial charge in [-0.2, -0.15) is 0 Å². The van der Waals surface area contributed by atoms with Crippen LogP contribution >= 0.6 is 11.6 Å². The van der Waals surface area contributed by atoms with Gasteiger partial charge < -0.3 is 5.32 Å². The van der Waals surface area contributed by atoms with Gasteiger partial charge in [-0.1, -0.05) is 11.6 Å². The lowest BCUT2D eigenvalue weighted by molar-refractivity contribution is 0.0934. The fraction of sp³-hybridized carbons (Fsp3) is 0.500. The molecule has 0 spiro atoms. The van der Waals surface area contributed by atoms with E-state index in [0.717, 1.165) is 18.5 Å². The van der Waals surface area contributed by atoms with E-state index in [9.17, 15) is 9.00 Å². The molecule has 0 aromatic carbocycles. The van der Waals surface area contributed by atoms with Crippen LogP contribution in [0.4, 0.5) is 0 Å². The topological polar surface area (TPSA) is 59.1 Å². The normalized spacial score (nSPS) is 23.7. The number of rotatable bonds is 2. The lowest BCUT2D eigenvalue weighted by Gasteiger charge is -2.22. The van der Waals surface area contributed by atoms with Crippen molar-refractivity contribution in [2.75, 3.05) is 11.5 Å². The monoisotopic (exact) mass is 286 g/mol. The Bertz CT molecular complexity index is 483. The molecule has 0 atom stereocenters. The van der Waals surface area contributed by atoms with Gasteiger partial charge in [-0.05, 0) is 25.8 Å². The molecule has 1 aromatic heterocycles. The highest BCUT2D eigenvalue weighted by Crippen LogP contribution is 2.17. The van der Waals surface area contributed by atoms with Crippen LogP contribution in [0.5, 0.6) is 0 Å². The summed E-state index contributed by atoms with van der Waals surface area (Å²) in [5.74, 6) is 1.11. The molecule has 18 heavy (non-hydrogen) atoms. The minimum atomic E-state index is -0.717. The second kappa shape index (κ2) is 5.80. The van der Waals surface area contributed by atoms with Gasteiger partial charge in [0.15, 0.2) is 0 Å². The summed E-state index contributed by atoms with van der Waals surface area (Å²) in [5, 5.41) is 3.33. The molecule has 1 aliphatic heterocycles. The number of pyridine rings is 1. The maximum absolute atomic E-state index is 12.0. The van der Waals surface area contributed by atoms with E-state index >= 15 is 0 Å². The number of nitrogens with zero attached hydrogens (tertiary/aromatic N) is 1. The van der Waals surface area contributed by atoms with Gasteiger partial charge in [0.1, 0.15) is 0 Å². The van der Waals surface area contributed by atoms with E-state index in [0.29, 0.717) is 22.1 Å². The molecule has 1 aliphatic rings. The second-order valence-corrected chi connectivity index (χ2v) is 6.50. The molecule has 1 saturated heterocycles. The first-order chi connectivity index (χ1) is 8.56. The van der Waals surface area contributed by atoms with Crippen LogP contribution in [0.1, 0.15) is 28.9 Å². The molecule has 1 aromatic rings. The first-order valence-corrected chi connectivity index (χ1v) is 7.71. The largest absolute Gasteiger partial charge is 0.349 e. The molecule has 4 nitrogen and oxygen atoms in total. The molecule has 1 amide bonds. The van der Waals surface area contributed by atoms with Crippen molar-refractivity contribution < 1.29 is 9.00 Å². The Hall–Kier alpha value is -0.940. The summed E-state index contributed by atoms with van der Waals surface area (Å²) in [4.78, 5) is 16.1. The van der Waals surface area contributed by atoms with Crippen LogP contribution in [0.2, 0.25) is 5.02 Å². The van der Waals surface area contributed by atoms with Crippen molar-refractivity contribution in [2.45, 2.75) is 25.8 Å². The Morgan fingerprint density at radius 3 is 2.78 bits per heavy atom. The van der Waals surface area contributed by atoms with Gasteiger partial charge in [-0.15, -0.1) is 0 Å². The van der Waals surface area contributed by atoms with Gasteiger partial charge in [0.25, 0.3) is 5.91 Å². The van der Waals surface area contributed by atoms with E-state index in [4.69, 9.17) is 11.6 Å². The summed E-state index contributed by atoms with van der Waals surface area (Å²) in [7, 11) is -0.717. The van der Waals surface area contributed by atoms with E-state index in [1.807, 2.05) is 6.92 Å². The smallest absolute Gasteiger partial charge is 0.254 e. The van der Waals surface area contributed by atoms with E-state index in [1.165, 1.54) is 6.20 Å². The van der Waals surface area contributed by atoms with E-state index in [-0.39, 0.29) is 11.9 Å². The highest BCUT2D eigenvalue weighted by molar-refractivity contribution is 7.85. The zero-order valence-corrected chi connectivity index (χ0v) is 11.7. The fourth-order valence-electron chi connectivity index (χ4n) is 1.89. The summed E-state index contributed by atoms with van der Waals surface area (Å²) < 4.78 is 11.2. The third kappa shape index (κ3) is 3.29. The molecule has 0 aliphatic carbocycles. The second-order valence-electron chi connectivity index (χ2n) is 4.40. The van der Waals surface area contributed by atoms with Gasteiger partial charge in [-0.25, -0.2) is 0 Å². The quantitative estimate of drug-likeness (QED) is 0.900. The van der Waals surface area contributed by atoms with Crippen molar-refractivity contribution >= 4 is 28.3 Å². The Kier molecular flexibility index (Phi) is 4.35. The van der Waals surface area contributed by atoms with Crippen molar-refractivity contribution in [3.63, 3.8) is 0 Å². The Balaban J connectivity index is 2.01. The number of nitrogens with one attached hydrogen (secondary N) is 1. The standard InChI is InChI=1S/C12H15ClN2O2S/c1-8-6-11(13)10(7-14-8)12(16)15-9-2-4-18(17)5-3-9/h6-7,9H,2-5H2,1H3,(H,15,16). The van der Waals surface area contributed by atoms with Crippen molar-refractivity contribution in [2.24, 2.45) is 0 Å². The number of halogens is 1. The average molecular weight is 287 g/mol. The van der Waals surface area contributed by atoms with Gasteiger partial charge in [0, 0.05) is 40.2 Å². The molecule has 0 radical (unpaired) electrons. The van der Waals surface area contributed by atoms with Crippen molar-refractivity contribution in [3.8, 4) is 0 Å². The summed E-state index contributed by atoms with van der Waals surface area (Å²) in [5.41, 5.74) is 1.18. The predicted octanol–water partition coefficient (Wildman–Crippen LogP) is 1.68. The number of amides is 1. The van der Waals surface area contributed by atoms with Crippen LogP contribution in [0, 0.1) is 6.92 Å². The summed E-state index contributed by atoms with van der Waals surface area (Å²) in [6.07, 6.45) is 3.01. The zero-order valence-electron chi connectivity index (χ0n) is 10.1. The van der Waals surface area contributed by atoms with Crippen molar-refractivity contribution in [1.82, 2.24) is 10.3 Å². The molecule has 1 fully saturated rings. The Morgan fingerprint density at radius 2 is 2.17 bits per heavy atom. The van der Waals surface area contributed by atoms with Crippen LogP contribution in [-0.2, 0) is 10.8 Å². The Morgan fingerprint density at radius 1 is 1.50 bits per heavy atom. The molecular weight excluding hydrogens is 272 g/mol. The number of aryl methyl sites for hydroxylation is 1. The van der Waals surface area contributed by atoms with E-state index in [1.54, 1.807) is 6.07 Å².